The van der Waals surface area contributed by atoms with Crippen LogP contribution in [0.15, 0.2) is 47.4 Å². The van der Waals surface area contributed by atoms with E-state index in [1.807, 2.05) is 6.07 Å². The molecule has 0 unspecified atom stereocenters. The summed E-state index contributed by atoms with van der Waals surface area (Å²) in [5, 5.41) is 20.5. The fourth-order valence-corrected chi connectivity index (χ4v) is 2.64. The molecule has 0 N–H and O–H groups in total. The lowest BCUT2D eigenvalue weighted by Gasteiger charge is -2.31. The van der Waals surface area contributed by atoms with Crippen molar-refractivity contribution in [3.63, 3.8) is 0 Å². The number of nitriles is 1. The van der Waals surface area contributed by atoms with Gasteiger partial charge in [0.15, 0.2) is 0 Å². The number of aromatic nitrogens is 1. The molecule has 7 heteroatoms. The van der Waals surface area contributed by atoms with Gasteiger partial charge in [0.2, 0.25) is 5.75 Å². The number of nitrogens with zero attached hydrogens (tertiary/aromatic N) is 3. The van der Waals surface area contributed by atoms with Gasteiger partial charge in [-0.05, 0) is 32.1 Å². The number of ether oxygens (including phenoxy) is 1. The molecule has 0 saturated carbocycles. The summed E-state index contributed by atoms with van der Waals surface area (Å²) in [6.45, 7) is 3.48. The highest BCUT2D eigenvalue weighted by Gasteiger charge is 2.34. The van der Waals surface area contributed by atoms with Crippen LogP contribution in [-0.2, 0) is 0 Å². The van der Waals surface area contributed by atoms with Gasteiger partial charge in [-0.1, -0.05) is 6.07 Å². The van der Waals surface area contributed by atoms with E-state index >= 15 is 0 Å². The highest BCUT2D eigenvalue weighted by molar-refractivity contribution is 5.78. The van der Waals surface area contributed by atoms with Gasteiger partial charge in [-0.15, -0.1) is 0 Å². The SMILES string of the molecule is CC1(C)C=C(n2ccccc2=O)c2cc(C#N)cc([N+](=O)[O-])c2O1. The molecule has 0 bridgehead atoms. The third-order valence-electron chi connectivity index (χ3n) is 3.60. The van der Waals surface area contributed by atoms with Crippen LogP contribution in [0, 0.1) is 21.4 Å². The minimum atomic E-state index is -0.851. The Morgan fingerprint density at radius 2 is 2.08 bits per heavy atom. The summed E-state index contributed by atoms with van der Waals surface area (Å²) in [5.74, 6) is 0.0530. The summed E-state index contributed by atoms with van der Waals surface area (Å²) in [6, 6.07) is 9.26. The molecule has 120 valence electrons. The Bertz CT molecular complexity index is 980. The van der Waals surface area contributed by atoms with Gasteiger partial charge < -0.3 is 4.74 Å². The Balaban J connectivity index is 2.38. The lowest BCUT2D eigenvalue weighted by atomic mass is 9.96. The molecule has 7 nitrogen and oxygen atoms in total. The molecule has 1 aromatic carbocycles. The normalized spacial score (nSPS) is 14.8. The topological polar surface area (TPSA) is 98.2 Å². The van der Waals surface area contributed by atoms with Gasteiger partial charge in [-0.3, -0.25) is 19.5 Å². The number of benzene rings is 1. The van der Waals surface area contributed by atoms with E-state index in [0.29, 0.717) is 11.3 Å². The number of fused-ring (bicyclic) bond motifs is 1. The van der Waals surface area contributed by atoms with E-state index in [-0.39, 0.29) is 22.6 Å². The molecule has 0 fully saturated rings. The number of nitro groups is 1. The summed E-state index contributed by atoms with van der Waals surface area (Å²) >= 11 is 0. The first kappa shape index (κ1) is 15.5. The maximum atomic E-state index is 12.2. The Kier molecular flexibility index (Phi) is 3.45. The van der Waals surface area contributed by atoms with E-state index in [0.717, 1.165) is 0 Å². The van der Waals surface area contributed by atoms with E-state index in [1.165, 1.54) is 22.8 Å². The largest absolute Gasteiger partial charge is 0.476 e. The molecule has 0 spiro atoms. The van der Waals surface area contributed by atoms with Crippen molar-refractivity contribution in [2.24, 2.45) is 0 Å². The van der Waals surface area contributed by atoms with Crippen LogP contribution in [0.5, 0.6) is 5.75 Å². The van der Waals surface area contributed by atoms with E-state index < -0.39 is 10.5 Å². The van der Waals surface area contributed by atoms with E-state index in [2.05, 4.69) is 0 Å². The Labute approximate surface area is 137 Å². The van der Waals surface area contributed by atoms with Gasteiger partial charge in [0, 0.05) is 23.9 Å². The summed E-state index contributed by atoms with van der Waals surface area (Å²) in [7, 11) is 0. The van der Waals surface area contributed by atoms with Crippen LogP contribution in [0.25, 0.3) is 5.70 Å². The third-order valence-corrected chi connectivity index (χ3v) is 3.60. The van der Waals surface area contributed by atoms with Crippen molar-refractivity contribution in [2.45, 2.75) is 19.4 Å². The Hall–Kier alpha value is -3.40. The van der Waals surface area contributed by atoms with Crippen LogP contribution < -0.4 is 10.3 Å². The second kappa shape index (κ2) is 5.35. The van der Waals surface area contributed by atoms with E-state index in [4.69, 9.17) is 10.00 Å². The second-order valence-electron chi connectivity index (χ2n) is 5.88. The molecular formula is C17H13N3O4. The number of rotatable bonds is 2. The van der Waals surface area contributed by atoms with Gasteiger partial charge in [0.25, 0.3) is 5.56 Å². The Morgan fingerprint density at radius 3 is 2.71 bits per heavy atom. The third kappa shape index (κ3) is 2.54. The summed E-state index contributed by atoms with van der Waals surface area (Å²) in [6.07, 6.45) is 3.28. The molecule has 1 aliphatic heterocycles. The lowest BCUT2D eigenvalue weighted by molar-refractivity contribution is -0.386. The van der Waals surface area contributed by atoms with Crippen molar-refractivity contribution < 1.29 is 9.66 Å². The first-order valence-corrected chi connectivity index (χ1v) is 7.15. The molecule has 2 heterocycles. The molecular weight excluding hydrogens is 310 g/mol. The molecule has 2 aromatic rings. The zero-order valence-electron chi connectivity index (χ0n) is 13.0. The van der Waals surface area contributed by atoms with Gasteiger partial charge in [0.1, 0.15) is 5.60 Å². The average molecular weight is 323 g/mol. The van der Waals surface area contributed by atoms with Crippen LogP contribution in [-0.4, -0.2) is 15.1 Å². The van der Waals surface area contributed by atoms with Gasteiger partial charge in [-0.25, -0.2) is 0 Å². The molecule has 0 aliphatic carbocycles. The van der Waals surface area contributed by atoms with Crippen LogP contribution in [0.1, 0.15) is 25.0 Å². The predicted molar refractivity (Wildman–Crippen MR) is 86.6 cm³/mol. The summed E-state index contributed by atoms with van der Waals surface area (Å²) in [5.41, 5.74) is -0.514. The maximum absolute atomic E-state index is 12.2. The smallest absolute Gasteiger partial charge is 0.312 e. The standard InChI is InChI=1S/C17H13N3O4/c1-17(2)9-14(19-6-4-3-5-15(19)21)12-7-11(10-18)8-13(20(22)23)16(12)24-17/h3-9H,1-2H3. The minimum Gasteiger partial charge on any atom is -0.476 e. The number of hydrogen-bond acceptors (Lipinski definition) is 5. The fraction of sp³-hybridized carbons (Fsp3) is 0.176. The van der Waals surface area contributed by atoms with Crippen LogP contribution in [0.2, 0.25) is 0 Å². The van der Waals surface area contributed by atoms with Crippen LogP contribution >= 0.6 is 0 Å². The first-order chi connectivity index (χ1) is 11.3. The number of nitro benzene ring substituents is 1. The Morgan fingerprint density at radius 1 is 1.33 bits per heavy atom. The summed E-state index contributed by atoms with van der Waals surface area (Å²) < 4.78 is 7.14. The lowest BCUT2D eigenvalue weighted by Crippen LogP contribution is -2.32. The van der Waals surface area contributed by atoms with Gasteiger partial charge in [-0.2, -0.15) is 5.26 Å². The molecule has 1 aliphatic rings. The molecule has 0 radical (unpaired) electrons. The van der Waals surface area contributed by atoms with Crippen molar-refractivity contribution in [3.05, 3.63) is 74.2 Å². The van der Waals surface area contributed by atoms with Gasteiger partial charge in [0.05, 0.1) is 22.3 Å². The zero-order chi connectivity index (χ0) is 17.5. The average Bonchev–Trinajstić information content (AvgIpc) is 2.53. The number of pyridine rings is 1. The zero-order valence-corrected chi connectivity index (χ0v) is 13.0. The van der Waals surface area contributed by atoms with Crippen molar-refractivity contribution in [1.29, 1.82) is 5.26 Å². The van der Waals surface area contributed by atoms with Crippen molar-refractivity contribution in [3.8, 4) is 11.8 Å². The quantitative estimate of drug-likeness (QED) is 0.625. The maximum Gasteiger partial charge on any atom is 0.312 e. The van der Waals surface area contributed by atoms with E-state index in [9.17, 15) is 14.9 Å². The first-order valence-electron chi connectivity index (χ1n) is 7.15. The molecule has 0 amide bonds. The van der Waals surface area contributed by atoms with Gasteiger partial charge >= 0.3 is 5.69 Å². The predicted octanol–water partition coefficient (Wildman–Crippen LogP) is 2.69. The molecule has 0 saturated heterocycles. The second-order valence-corrected chi connectivity index (χ2v) is 5.88. The molecule has 3 rings (SSSR count). The van der Waals surface area contributed by atoms with Crippen molar-refractivity contribution >= 4 is 11.4 Å². The summed E-state index contributed by atoms with van der Waals surface area (Å²) in [4.78, 5) is 23.0. The fourth-order valence-electron chi connectivity index (χ4n) is 2.64. The highest BCUT2D eigenvalue weighted by Crippen LogP contribution is 2.43. The van der Waals surface area contributed by atoms with Crippen molar-refractivity contribution in [2.75, 3.05) is 0 Å². The molecule has 24 heavy (non-hydrogen) atoms. The molecule has 1 aromatic heterocycles. The number of hydrogen-bond donors (Lipinski definition) is 0. The van der Waals surface area contributed by atoms with Crippen LogP contribution in [0.4, 0.5) is 5.69 Å². The van der Waals surface area contributed by atoms with Crippen LogP contribution in [0.3, 0.4) is 0 Å². The van der Waals surface area contributed by atoms with Crippen molar-refractivity contribution in [1.82, 2.24) is 4.57 Å². The highest BCUT2D eigenvalue weighted by atomic mass is 16.6. The molecule has 0 atom stereocenters. The monoisotopic (exact) mass is 323 g/mol. The minimum absolute atomic E-state index is 0.0530. The van der Waals surface area contributed by atoms with E-state index in [1.54, 1.807) is 38.3 Å².